The van der Waals surface area contributed by atoms with Gasteiger partial charge in [0.2, 0.25) is 0 Å². The molecule has 0 fully saturated rings. The fourth-order valence-corrected chi connectivity index (χ4v) is 5.22. The van der Waals surface area contributed by atoms with Crippen molar-refractivity contribution in [3.63, 3.8) is 0 Å². The monoisotopic (exact) mass is 493 g/mol. The molecule has 0 radical (unpaired) electrons. The van der Waals surface area contributed by atoms with Gasteiger partial charge in [-0.2, -0.15) is 0 Å². The van der Waals surface area contributed by atoms with E-state index in [-0.39, 0.29) is 31.2 Å². The molecule has 1 N–H and O–H groups in total. The number of aryl methyl sites for hydroxylation is 1. The normalized spacial score (nSPS) is 11.6. The Balaban J connectivity index is 1.83. The summed E-state index contributed by atoms with van der Waals surface area (Å²) in [5.41, 5.74) is 0.776. The van der Waals surface area contributed by atoms with E-state index in [0.717, 1.165) is 0 Å². The predicted molar refractivity (Wildman–Crippen MR) is 124 cm³/mol. The van der Waals surface area contributed by atoms with Gasteiger partial charge in [-0.1, -0.05) is 46.9 Å². The number of rotatable bonds is 4. The van der Waals surface area contributed by atoms with Crippen LogP contribution in [0.4, 0.5) is 5.69 Å². The number of fused-ring (bicyclic) bond motifs is 1. The van der Waals surface area contributed by atoms with Crippen LogP contribution in [0.5, 0.6) is 0 Å². The molecule has 0 atom stereocenters. The first kappa shape index (κ1) is 21.6. The zero-order chi connectivity index (χ0) is 22.3. The molecule has 0 saturated carbocycles. The molecular formula is C21H14Cl3N3O3S. The smallest absolute Gasteiger partial charge is 0.265 e. The number of para-hydroxylation sites is 1. The van der Waals surface area contributed by atoms with Crippen molar-refractivity contribution >= 4 is 61.4 Å². The van der Waals surface area contributed by atoms with Crippen molar-refractivity contribution in [2.75, 3.05) is 4.72 Å². The zero-order valence-electron chi connectivity index (χ0n) is 15.9. The Morgan fingerprint density at radius 3 is 2.42 bits per heavy atom. The minimum absolute atomic E-state index is 0.00923. The van der Waals surface area contributed by atoms with Crippen LogP contribution in [0.3, 0.4) is 0 Å². The third-order valence-corrected chi connectivity index (χ3v) is 6.99. The standard InChI is InChI=1S/C21H14Cl3N3O3S/c1-12-25-18-5-3-2-4-15(18)21(28)27(12)14-7-9-16(23)19(11-14)26-31(29,30)20-10-13(22)6-8-17(20)24/h2-11,26H,1H3. The molecule has 0 unspecified atom stereocenters. The second kappa shape index (κ2) is 8.16. The van der Waals surface area contributed by atoms with Crippen molar-refractivity contribution in [2.45, 2.75) is 11.8 Å². The average molecular weight is 495 g/mol. The molecule has 0 aliphatic rings. The van der Waals surface area contributed by atoms with E-state index < -0.39 is 10.0 Å². The summed E-state index contributed by atoms with van der Waals surface area (Å²) in [6.07, 6.45) is 0. The summed E-state index contributed by atoms with van der Waals surface area (Å²) in [4.78, 5) is 17.3. The molecule has 0 saturated heterocycles. The molecule has 10 heteroatoms. The number of benzene rings is 3. The predicted octanol–water partition coefficient (Wildman–Crippen LogP) is 5.46. The number of halogens is 3. The van der Waals surface area contributed by atoms with Gasteiger partial charge < -0.3 is 0 Å². The number of hydrogen-bond donors (Lipinski definition) is 1. The summed E-state index contributed by atoms with van der Waals surface area (Å²) in [6.45, 7) is 1.69. The lowest BCUT2D eigenvalue weighted by atomic mass is 10.2. The molecule has 0 spiro atoms. The van der Waals surface area contributed by atoms with Gasteiger partial charge in [0.1, 0.15) is 10.7 Å². The van der Waals surface area contributed by atoms with E-state index in [4.69, 9.17) is 34.8 Å². The molecule has 0 aliphatic heterocycles. The largest absolute Gasteiger partial charge is 0.278 e. The maximum Gasteiger partial charge on any atom is 0.265 e. The van der Waals surface area contributed by atoms with Gasteiger partial charge in [-0.15, -0.1) is 0 Å². The van der Waals surface area contributed by atoms with Crippen LogP contribution < -0.4 is 10.3 Å². The van der Waals surface area contributed by atoms with E-state index in [1.807, 2.05) is 0 Å². The third kappa shape index (κ3) is 4.14. The van der Waals surface area contributed by atoms with E-state index in [9.17, 15) is 13.2 Å². The summed E-state index contributed by atoms with van der Waals surface area (Å²) in [6, 6.07) is 15.7. The molecule has 1 heterocycles. The fraction of sp³-hybridized carbons (Fsp3) is 0.0476. The summed E-state index contributed by atoms with van der Waals surface area (Å²) in [7, 11) is -4.10. The minimum Gasteiger partial charge on any atom is -0.278 e. The number of aromatic nitrogens is 2. The van der Waals surface area contributed by atoms with Crippen LogP contribution in [0.1, 0.15) is 5.82 Å². The topological polar surface area (TPSA) is 81.1 Å². The lowest BCUT2D eigenvalue weighted by Crippen LogP contribution is -2.22. The van der Waals surface area contributed by atoms with E-state index in [2.05, 4.69) is 9.71 Å². The molecule has 31 heavy (non-hydrogen) atoms. The zero-order valence-corrected chi connectivity index (χ0v) is 19.0. The lowest BCUT2D eigenvalue weighted by molar-refractivity contribution is 0.601. The fourth-order valence-electron chi connectivity index (χ4n) is 3.16. The Kier molecular flexibility index (Phi) is 5.70. The molecule has 1 aromatic heterocycles. The Morgan fingerprint density at radius 2 is 1.65 bits per heavy atom. The van der Waals surface area contributed by atoms with Gasteiger partial charge >= 0.3 is 0 Å². The highest BCUT2D eigenvalue weighted by molar-refractivity contribution is 7.92. The van der Waals surface area contributed by atoms with Crippen molar-refractivity contribution in [3.05, 3.63) is 91.9 Å². The summed E-state index contributed by atoms with van der Waals surface area (Å²) >= 11 is 18.2. The maximum atomic E-state index is 13.1. The van der Waals surface area contributed by atoms with Crippen LogP contribution in [0.15, 0.2) is 70.4 Å². The quantitative estimate of drug-likeness (QED) is 0.409. The van der Waals surface area contributed by atoms with E-state index in [1.165, 1.54) is 34.9 Å². The molecule has 0 aliphatic carbocycles. The SMILES string of the molecule is Cc1nc2ccccc2c(=O)n1-c1ccc(Cl)c(NS(=O)(=O)c2cc(Cl)ccc2Cl)c1. The van der Waals surface area contributed by atoms with Gasteiger partial charge in [0, 0.05) is 5.02 Å². The highest BCUT2D eigenvalue weighted by Crippen LogP contribution is 2.31. The molecule has 4 aromatic rings. The first-order valence-corrected chi connectivity index (χ1v) is 11.6. The summed E-state index contributed by atoms with van der Waals surface area (Å²) in [5.74, 6) is 0.442. The second-order valence-electron chi connectivity index (χ2n) is 6.66. The number of nitrogens with one attached hydrogen (secondary N) is 1. The average Bonchev–Trinajstić information content (AvgIpc) is 2.72. The molecule has 6 nitrogen and oxygen atoms in total. The van der Waals surface area contributed by atoms with Gasteiger partial charge in [-0.25, -0.2) is 13.4 Å². The van der Waals surface area contributed by atoms with Crippen molar-refractivity contribution in [3.8, 4) is 5.69 Å². The van der Waals surface area contributed by atoms with E-state index >= 15 is 0 Å². The van der Waals surface area contributed by atoms with Gasteiger partial charge in [0.05, 0.1) is 32.3 Å². The molecule has 0 amide bonds. The summed E-state index contributed by atoms with van der Waals surface area (Å²) in [5, 5.41) is 0.810. The van der Waals surface area contributed by atoms with Crippen molar-refractivity contribution in [1.82, 2.24) is 9.55 Å². The first-order valence-electron chi connectivity index (χ1n) is 8.93. The number of sulfonamides is 1. The Hall–Kier alpha value is -2.58. The molecule has 158 valence electrons. The molecule has 0 bridgehead atoms. The first-order chi connectivity index (χ1) is 14.7. The number of nitrogens with zero attached hydrogens (tertiary/aromatic N) is 2. The highest BCUT2D eigenvalue weighted by atomic mass is 35.5. The molecular weight excluding hydrogens is 481 g/mol. The van der Waals surface area contributed by atoms with Crippen molar-refractivity contribution in [2.24, 2.45) is 0 Å². The van der Waals surface area contributed by atoms with Crippen LogP contribution in [0.2, 0.25) is 15.1 Å². The lowest BCUT2D eigenvalue weighted by Gasteiger charge is -2.15. The van der Waals surface area contributed by atoms with Gasteiger partial charge in [0.25, 0.3) is 15.6 Å². The van der Waals surface area contributed by atoms with Crippen LogP contribution in [-0.2, 0) is 10.0 Å². The van der Waals surface area contributed by atoms with Gasteiger partial charge in [0.15, 0.2) is 0 Å². The van der Waals surface area contributed by atoms with Crippen LogP contribution in [0, 0.1) is 6.92 Å². The van der Waals surface area contributed by atoms with Gasteiger partial charge in [-0.05, 0) is 55.5 Å². The van der Waals surface area contributed by atoms with Crippen LogP contribution in [-0.4, -0.2) is 18.0 Å². The molecule has 4 rings (SSSR count). The maximum absolute atomic E-state index is 13.1. The molecule has 3 aromatic carbocycles. The number of hydrogen-bond acceptors (Lipinski definition) is 4. The Morgan fingerprint density at radius 1 is 0.935 bits per heavy atom. The minimum atomic E-state index is -4.10. The van der Waals surface area contributed by atoms with Crippen LogP contribution >= 0.6 is 34.8 Å². The van der Waals surface area contributed by atoms with Crippen molar-refractivity contribution in [1.29, 1.82) is 0 Å². The van der Waals surface area contributed by atoms with E-state index in [1.54, 1.807) is 37.3 Å². The van der Waals surface area contributed by atoms with Gasteiger partial charge in [-0.3, -0.25) is 14.1 Å². The number of anilines is 1. The van der Waals surface area contributed by atoms with E-state index in [0.29, 0.717) is 22.4 Å². The van der Waals surface area contributed by atoms with Crippen molar-refractivity contribution < 1.29 is 8.42 Å². The van der Waals surface area contributed by atoms with Crippen LogP contribution in [0.25, 0.3) is 16.6 Å². The highest BCUT2D eigenvalue weighted by Gasteiger charge is 2.21. The Labute approximate surface area is 193 Å². The summed E-state index contributed by atoms with van der Waals surface area (Å²) < 4.78 is 29.6. The third-order valence-electron chi connectivity index (χ3n) is 4.58. The second-order valence-corrected chi connectivity index (χ2v) is 9.56. The Bertz CT molecular complexity index is 1500.